The van der Waals surface area contributed by atoms with E-state index in [1.807, 2.05) is 0 Å². The third kappa shape index (κ3) is 3.86. The number of halogens is 1. The van der Waals surface area contributed by atoms with Crippen molar-refractivity contribution in [2.75, 3.05) is 4.90 Å². The maximum atomic E-state index is 6.69. The SMILES string of the molecule is Clc1cc(-c2cccc3ccccc23)c2c(c1)sc1ccc(N(c3ccccc3)c3ccccc3)cc12. The molecule has 0 N–H and O–H groups in total. The molecule has 176 valence electrons. The average molecular weight is 512 g/mol. The lowest BCUT2D eigenvalue weighted by atomic mass is 9.94. The lowest BCUT2D eigenvalue weighted by Gasteiger charge is -2.25. The quantitative estimate of drug-likeness (QED) is 0.227. The highest BCUT2D eigenvalue weighted by molar-refractivity contribution is 7.26. The Kier molecular flexibility index (Phi) is 5.43. The second-order valence-corrected chi connectivity index (χ2v) is 10.7. The van der Waals surface area contributed by atoms with E-state index in [1.165, 1.54) is 42.1 Å². The molecule has 0 aliphatic rings. The number of fused-ring (bicyclic) bond motifs is 4. The molecule has 37 heavy (non-hydrogen) atoms. The molecule has 6 aromatic carbocycles. The van der Waals surface area contributed by atoms with Gasteiger partial charge >= 0.3 is 0 Å². The van der Waals surface area contributed by atoms with Crippen LogP contribution in [0.3, 0.4) is 0 Å². The zero-order valence-corrected chi connectivity index (χ0v) is 21.5. The van der Waals surface area contributed by atoms with Crippen LogP contribution in [0.25, 0.3) is 42.1 Å². The van der Waals surface area contributed by atoms with E-state index in [0.29, 0.717) is 0 Å². The van der Waals surface area contributed by atoms with E-state index in [2.05, 4.69) is 138 Å². The molecule has 1 heterocycles. The average Bonchev–Trinajstić information content (AvgIpc) is 3.31. The summed E-state index contributed by atoms with van der Waals surface area (Å²) in [5, 5.41) is 5.72. The summed E-state index contributed by atoms with van der Waals surface area (Å²) in [5.74, 6) is 0. The molecule has 0 saturated carbocycles. The predicted molar refractivity (Wildman–Crippen MR) is 162 cm³/mol. The maximum absolute atomic E-state index is 6.69. The second kappa shape index (κ2) is 9.08. The highest BCUT2D eigenvalue weighted by Gasteiger charge is 2.17. The largest absolute Gasteiger partial charge is 0.310 e. The molecule has 7 aromatic rings. The number of hydrogen-bond donors (Lipinski definition) is 0. The number of hydrogen-bond acceptors (Lipinski definition) is 2. The van der Waals surface area contributed by atoms with Crippen LogP contribution in [0.1, 0.15) is 0 Å². The van der Waals surface area contributed by atoms with Gasteiger partial charge in [-0.15, -0.1) is 11.3 Å². The second-order valence-electron chi connectivity index (χ2n) is 9.14. The Morgan fingerprint density at radius 3 is 1.92 bits per heavy atom. The summed E-state index contributed by atoms with van der Waals surface area (Å²) in [4.78, 5) is 2.32. The van der Waals surface area contributed by atoms with Crippen molar-refractivity contribution >= 4 is 70.9 Å². The highest BCUT2D eigenvalue weighted by Crippen LogP contribution is 2.45. The predicted octanol–water partition coefficient (Wildman–Crippen LogP) is 11.0. The van der Waals surface area contributed by atoms with E-state index in [1.54, 1.807) is 11.3 Å². The fraction of sp³-hybridized carbons (Fsp3) is 0. The van der Waals surface area contributed by atoms with Gasteiger partial charge in [0, 0.05) is 42.3 Å². The van der Waals surface area contributed by atoms with E-state index < -0.39 is 0 Å². The minimum absolute atomic E-state index is 0.761. The normalized spacial score (nSPS) is 11.4. The van der Waals surface area contributed by atoms with Gasteiger partial charge < -0.3 is 4.90 Å². The van der Waals surface area contributed by atoms with E-state index in [0.717, 1.165) is 22.1 Å². The van der Waals surface area contributed by atoms with Gasteiger partial charge in [0.05, 0.1) is 0 Å². The van der Waals surface area contributed by atoms with Gasteiger partial charge in [-0.3, -0.25) is 0 Å². The van der Waals surface area contributed by atoms with Crippen LogP contribution in [0, 0.1) is 0 Å². The molecule has 1 aromatic heterocycles. The summed E-state index contributed by atoms with van der Waals surface area (Å²) < 4.78 is 2.46. The van der Waals surface area contributed by atoms with Gasteiger partial charge in [-0.2, -0.15) is 0 Å². The maximum Gasteiger partial charge on any atom is 0.0468 e. The van der Waals surface area contributed by atoms with Crippen LogP contribution in [0.4, 0.5) is 17.1 Å². The molecule has 0 fully saturated rings. The third-order valence-electron chi connectivity index (χ3n) is 6.89. The number of anilines is 3. The number of benzene rings is 6. The van der Waals surface area contributed by atoms with Gasteiger partial charge in [-0.25, -0.2) is 0 Å². The Labute approximate surface area is 224 Å². The first-order valence-electron chi connectivity index (χ1n) is 12.3. The van der Waals surface area contributed by atoms with Crippen LogP contribution in [0.5, 0.6) is 0 Å². The van der Waals surface area contributed by atoms with Gasteiger partial charge in [0.2, 0.25) is 0 Å². The minimum Gasteiger partial charge on any atom is -0.310 e. The molecule has 0 amide bonds. The first-order chi connectivity index (χ1) is 18.3. The summed E-state index contributed by atoms with van der Waals surface area (Å²) in [5.41, 5.74) is 5.77. The molecular weight excluding hydrogens is 490 g/mol. The van der Waals surface area contributed by atoms with Gasteiger partial charge in [0.1, 0.15) is 0 Å². The number of nitrogens with zero attached hydrogens (tertiary/aromatic N) is 1. The first kappa shape index (κ1) is 22.1. The molecule has 7 rings (SSSR count). The van der Waals surface area contributed by atoms with Gasteiger partial charge in [0.25, 0.3) is 0 Å². The molecule has 0 aliphatic heterocycles. The van der Waals surface area contributed by atoms with Gasteiger partial charge in [-0.1, -0.05) is 90.5 Å². The molecular formula is C34H22ClNS. The molecule has 0 atom stereocenters. The summed E-state index contributed by atoms with van der Waals surface area (Å²) in [7, 11) is 0. The number of rotatable bonds is 4. The van der Waals surface area contributed by atoms with Gasteiger partial charge in [-0.05, 0) is 76.5 Å². The van der Waals surface area contributed by atoms with Gasteiger partial charge in [0.15, 0.2) is 0 Å². The lowest BCUT2D eigenvalue weighted by molar-refractivity contribution is 1.29. The summed E-state index contributed by atoms with van der Waals surface area (Å²) in [6.45, 7) is 0. The molecule has 3 heteroatoms. The fourth-order valence-electron chi connectivity index (χ4n) is 5.27. The third-order valence-corrected chi connectivity index (χ3v) is 8.22. The van der Waals surface area contributed by atoms with E-state index in [-0.39, 0.29) is 0 Å². The monoisotopic (exact) mass is 511 g/mol. The van der Waals surface area contributed by atoms with Crippen molar-refractivity contribution in [2.45, 2.75) is 0 Å². The Morgan fingerprint density at radius 1 is 0.486 bits per heavy atom. The molecule has 0 aliphatic carbocycles. The Balaban J connectivity index is 1.52. The molecule has 1 nitrogen and oxygen atoms in total. The van der Waals surface area contributed by atoms with Crippen LogP contribution < -0.4 is 4.90 Å². The van der Waals surface area contributed by atoms with Crippen LogP contribution in [0.15, 0.2) is 133 Å². The smallest absolute Gasteiger partial charge is 0.0468 e. The van der Waals surface area contributed by atoms with Crippen molar-refractivity contribution in [1.29, 1.82) is 0 Å². The summed E-state index contributed by atoms with van der Waals surface area (Å²) in [6.07, 6.45) is 0. The van der Waals surface area contributed by atoms with Crippen LogP contribution in [-0.2, 0) is 0 Å². The summed E-state index contributed by atoms with van der Waals surface area (Å²) >= 11 is 8.49. The zero-order valence-electron chi connectivity index (χ0n) is 19.9. The van der Waals surface area contributed by atoms with E-state index >= 15 is 0 Å². The summed E-state index contributed by atoms with van der Waals surface area (Å²) in [6, 6.07) is 47.2. The van der Waals surface area contributed by atoms with Crippen LogP contribution in [0.2, 0.25) is 5.02 Å². The molecule has 0 radical (unpaired) electrons. The van der Waals surface area contributed by atoms with E-state index in [9.17, 15) is 0 Å². The van der Waals surface area contributed by atoms with Crippen LogP contribution >= 0.6 is 22.9 Å². The van der Waals surface area contributed by atoms with Crippen molar-refractivity contribution in [3.63, 3.8) is 0 Å². The standard InChI is InChI=1S/C34H22ClNS/c35-24-20-30(29-17-9-11-23-10-7-8-16-28(23)29)34-31-22-27(18-19-32(31)37-33(34)21-24)36(25-12-3-1-4-13-25)26-14-5-2-6-15-26/h1-22H. The Bertz CT molecular complexity index is 1850. The lowest BCUT2D eigenvalue weighted by Crippen LogP contribution is -2.09. The Morgan fingerprint density at radius 2 is 1.16 bits per heavy atom. The van der Waals surface area contributed by atoms with Crippen LogP contribution in [-0.4, -0.2) is 0 Å². The molecule has 0 spiro atoms. The highest BCUT2D eigenvalue weighted by atomic mass is 35.5. The van der Waals surface area contributed by atoms with Crippen molar-refractivity contribution in [3.8, 4) is 11.1 Å². The fourth-order valence-corrected chi connectivity index (χ4v) is 6.71. The van der Waals surface area contributed by atoms with Crippen molar-refractivity contribution in [3.05, 3.63) is 138 Å². The molecule has 0 saturated heterocycles. The number of thiophene rings is 1. The molecule has 0 bridgehead atoms. The molecule has 0 unspecified atom stereocenters. The minimum atomic E-state index is 0.761. The zero-order chi connectivity index (χ0) is 24.8. The van der Waals surface area contributed by atoms with Crippen molar-refractivity contribution in [1.82, 2.24) is 0 Å². The topological polar surface area (TPSA) is 3.24 Å². The number of para-hydroxylation sites is 2. The van der Waals surface area contributed by atoms with E-state index in [4.69, 9.17) is 11.6 Å². The Hall–Kier alpha value is -4.11. The first-order valence-corrected chi connectivity index (χ1v) is 13.5. The van der Waals surface area contributed by atoms with Crippen molar-refractivity contribution in [2.24, 2.45) is 0 Å². The van der Waals surface area contributed by atoms with Crippen molar-refractivity contribution < 1.29 is 0 Å².